The van der Waals surface area contributed by atoms with Crippen LogP contribution in [-0.4, -0.2) is 95.7 Å². The summed E-state index contributed by atoms with van der Waals surface area (Å²) < 4.78 is 82.9. The largest absolute Gasteiger partial charge is 0.471 e. The summed E-state index contributed by atoms with van der Waals surface area (Å²) in [6, 6.07) is 6.80. The van der Waals surface area contributed by atoms with Gasteiger partial charge in [-0.1, -0.05) is 45.3 Å². The number of hydrogen-bond donors (Lipinski definition) is 2. The highest BCUT2D eigenvalue weighted by Crippen LogP contribution is 2.34. The van der Waals surface area contributed by atoms with Crippen LogP contribution < -0.4 is 16.0 Å². The average molecular weight is 1120 g/mol. The van der Waals surface area contributed by atoms with Crippen molar-refractivity contribution in [3.8, 4) is 21.4 Å². The summed E-state index contributed by atoms with van der Waals surface area (Å²) in [5, 5.41) is 32.6. The first-order chi connectivity index (χ1) is 34.2. The molecule has 10 heterocycles. The van der Waals surface area contributed by atoms with E-state index in [1.54, 1.807) is 72.5 Å². The first-order valence-electron chi connectivity index (χ1n) is 19.0. The molecule has 0 saturated heterocycles. The van der Waals surface area contributed by atoms with E-state index >= 15 is 0 Å². The van der Waals surface area contributed by atoms with Crippen LogP contribution in [-0.2, 0) is 24.2 Å². The lowest BCUT2D eigenvalue weighted by Crippen LogP contribution is -2.20. The van der Waals surface area contributed by atoms with Gasteiger partial charge in [-0.2, -0.15) is 51.6 Å². The Balaban J connectivity index is 0.000000185. The van der Waals surface area contributed by atoms with Gasteiger partial charge in [0.2, 0.25) is 23.5 Å². The zero-order valence-electron chi connectivity index (χ0n) is 35.1. The van der Waals surface area contributed by atoms with Gasteiger partial charge in [-0.3, -0.25) is 19.9 Å². The second-order valence-corrected chi connectivity index (χ2v) is 15.6. The predicted octanol–water partition coefficient (Wildman–Crippen LogP) is 8.47. The average Bonchev–Trinajstić information content (AvgIpc) is 4.24. The molecule has 0 bridgehead atoms. The SMILES string of the molecule is C.Clc1cnccn1.FC(F)(F)c1nc(-c2ccc(CBr)s2)no1.FC(F)(F)c1nc(-c2ccc(CN(c3cnccn3)c3nccnn3)s2)no1.Nc1nccnn1.c1cnc(Nc2nccnn2)cn1. The number of halogens is 8. The lowest BCUT2D eigenvalue weighted by molar-refractivity contribution is -0.160. The molecule has 0 aliphatic carbocycles. The Kier molecular flexibility index (Phi) is 20.6. The van der Waals surface area contributed by atoms with Crippen LogP contribution in [0.2, 0.25) is 5.15 Å². The Morgan fingerprint density at radius 3 is 1.57 bits per heavy atom. The van der Waals surface area contributed by atoms with Gasteiger partial charge < -0.3 is 20.1 Å². The van der Waals surface area contributed by atoms with Crippen LogP contribution in [0.5, 0.6) is 0 Å². The van der Waals surface area contributed by atoms with E-state index in [1.165, 1.54) is 72.2 Å². The van der Waals surface area contributed by atoms with Gasteiger partial charge in [0, 0.05) is 52.3 Å². The lowest BCUT2D eigenvalue weighted by atomic mass is 10.4. The van der Waals surface area contributed by atoms with E-state index in [4.69, 9.17) is 17.3 Å². The van der Waals surface area contributed by atoms with E-state index < -0.39 is 24.1 Å². The number of hydrogen-bond acceptors (Lipinski definition) is 26. The van der Waals surface area contributed by atoms with E-state index in [0.29, 0.717) is 50.3 Å². The van der Waals surface area contributed by atoms with E-state index in [9.17, 15) is 26.3 Å². The van der Waals surface area contributed by atoms with Crippen molar-refractivity contribution in [2.75, 3.05) is 16.0 Å². The summed E-state index contributed by atoms with van der Waals surface area (Å²) in [7, 11) is 0. The number of nitrogens with two attached hydrogens (primary N) is 1. The van der Waals surface area contributed by atoms with Crippen molar-refractivity contribution in [2.45, 2.75) is 31.7 Å². The molecular formula is C38H30BrClF6N22O2S2. The van der Waals surface area contributed by atoms with E-state index in [-0.39, 0.29) is 25.0 Å². The molecule has 34 heteroatoms. The van der Waals surface area contributed by atoms with E-state index in [1.807, 2.05) is 0 Å². The number of nitrogens with zero attached hydrogens (tertiary/aromatic N) is 20. The maximum Gasteiger partial charge on any atom is 0.471 e. The molecule has 3 N–H and O–H groups in total. The zero-order chi connectivity index (χ0) is 50.5. The van der Waals surface area contributed by atoms with Gasteiger partial charge in [0.1, 0.15) is 5.15 Å². The van der Waals surface area contributed by atoms with Gasteiger partial charge >= 0.3 is 24.1 Å². The number of nitrogen functional groups attached to an aromatic ring is 1. The lowest BCUT2D eigenvalue weighted by Gasteiger charge is -2.19. The Hall–Kier alpha value is -8.30. The van der Waals surface area contributed by atoms with Crippen LogP contribution in [0.25, 0.3) is 21.4 Å². The van der Waals surface area contributed by atoms with Crippen LogP contribution >= 0.6 is 50.2 Å². The highest BCUT2D eigenvalue weighted by Gasteiger charge is 2.39. The molecule has 72 heavy (non-hydrogen) atoms. The van der Waals surface area contributed by atoms with Gasteiger partial charge in [-0.25, -0.2) is 29.9 Å². The summed E-state index contributed by atoms with van der Waals surface area (Å²) in [5.41, 5.74) is 5.07. The molecule has 0 aliphatic rings. The van der Waals surface area contributed by atoms with Gasteiger partial charge in [-0.05, 0) is 24.3 Å². The number of anilines is 5. The third-order valence-electron chi connectivity index (χ3n) is 7.40. The van der Waals surface area contributed by atoms with E-state index in [0.717, 1.165) is 9.75 Å². The minimum atomic E-state index is -4.69. The molecule has 0 saturated carbocycles. The first-order valence-corrected chi connectivity index (χ1v) is 22.1. The molecule has 10 aromatic rings. The summed E-state index contributed by atoms with van der Waals surface area (Å²) >= 11 is 11.1. The molecule has 10 rings (SSSR count). The number of thiophene rings is 2. The molecule has 24 nitrogen and oxygen atoms in total. The zero-order valence-corrected chi connectivity index (χ0v) is 39.0. The minimum absolute atomic E-state index is 0. The van der Waals surface area contributed by atoms with Gasteiger partial charge in [0.15, 0.2) is 11.6 Å². The topological polar surface area (TPSA) is 312 Å². The molecule has 0 fully saturated rings. The fourth-order valence-corrected chi connectivity index (χ4v) is 6.91. The third kappa shape index (κ3) is 17.6. The van der Waals surface area contributed by atoms with Crippen molar-refractivity contribution in [3.05, 3.63) is 144 Å². The monoisotopic (exact) mass is 1120 g/mol. The number of aromatic nitrogens is 19. The fourth-order valence-electron chi connectivity index (χ4n) is 4.56. The van der Waals surface area contributed by atoms with Crippen molar-refractivity contribution in [1.82, 2.24) is 95.7 Å². The molecule has 0 atom stereocenters. The predicted molar refractivity (Wildman–Crippen MR) is 249 cm³/mol. The molecular weight excluding hydrogens is 1090 g/mol. The summed E-state index contributed by atoms with van der Waals surface area (Å²) in [6.45, 7) is 0.291. The quantitative estimate of drug-likeness (QED) is 0.101. The third-order valence-corrected chi connectivity index (χ3v) is 10.7. The summed E-state index contributed by atoms with van der Waals surface area (Å²) in [4.78, 5) is 46.3. The minimum Gasteiger partial charge on any atom is -0.366 e. The maximum absolute atomic E-state index is 12.6. The van der Waals surface area contributed by atoms with Crippen molar-refractivity contribution < 1.29 is 35.4 Å². The second-order valence-electron chi connectivity index (χ2n) is 12.3. The van der Waals surface area contributed by atoms with Crippen LogP contribution in [0.15, 0.2) is 126 Å². The van der Waals surface area contributed by atoms with Crippen LogP contribution in [0.3, 0.4) is 0 Å². The Morgan fingerprint density at radius 2 is 1.15 bits per heavy atom. The van der Waals surface area contributed by atoms with Crippen molar-refractivity contribution >= 4 is 79.7 Å². The Labute approximate surface area is 421 Å². The fraction of sp³-hybridized carbons (Fsp3) is 0.132. The molecule has 10 aromatic heterocycles. The molecule has 0 amide bonds. The number of alkyl halides is 7. The molecule has 0 aromatic carbocycles. The Bertz CT molecular complexity index is 2950. The second kappa shape index (κ2) is 27.2. The van der Waals surface area contributed by atoms with Crippen molar-refractivity contribution in [3.63, 3.8) is 0 Å². The van der Waals surface area contributed by atoms with Crippen LogP contribution in [0.1, 0.15) is 29.0 Å². The standard InChI is InChI=1S/C15H9F3N8OS.C8H4BrF3N2OS.C7H6N6.C4H3ClN2.C3H4N4.CH4/c16-15(17,18)13-23-12(25-27-13)10-2-1-9(28-10)8-26(11-7-19-3-4-20-11)14-21-5-6-22-24-14;9-3-4-1-2-5(16-4)6-13-7(15-14-6)8(10,11)12;1-2-9-6(5-8-1)12-7-10-3-4-11-13-7;5-4-3-6-1-2-7-4;4-3-5-1-2-6-7-3;/h1-7H,8H2;1-2H,3H2;1-5H,(H,9,10,12,13);1-3H;1-2H,(H2,4,5,7);1H4. The molecule has 0 aliphatic heterocycles. The molecule has 0 spiro atoms. The molecule has 372 valence electrons. The van der Waals surface area contributed by atoms with Crippen molar-refractivity contribution in [1.29, 1.82) is 0 Å². The normalized spacial score (nSPS) is 10.6. The van der Waals surface area contributed by atoms with Crippen molar-refractivity contribution in [2.24, 2.45) is 0 Å². The summed E-state index contributed by atoms with van der Waals surface area (Å²) in [6.07, 6.45) is 13.6. The molecule has 0 radical (unpaired) electrons. The van der Waals surface area contributed by atoms with E-state index in [2.05, 4.69) is 126 Å². The van der Waals surface area contributed by atoms with Gasteiger partial charge in [-0.15, -0.1) is 38.0 Å². The van der Waals surface area contributed by atoms with Crippen LogP contribution in [0, 0.1) is 0 Å². The highest BCUT2D eigenvalue weighted by atomic mass is 79.9. The van der Waals surface area contributed by atoms with Gasteiger partial charge in [0.05, 0.1) is 72.1 Å². The number of nitrogens with one attached hydrogen (secondary N) is 1. The summed E-state index contributed by atoms with van der Waals surface area (Å²) in [5.74, 6) is -0.877. The number of rotatable bonds is 9. The highest BCUT2D eigenvalue weighted by molar-refractivity contribution is 9.08. The maximum atomic E-state index is 12.6. The smallest absolute Gasteiger partial charge is 0.366 e. The first kappa shape index (κ1) is 54.6. The Morgan fingerprint density at radius 1 is 0.611 bits per heavy atom. The molecule has 0 unspecified atom stereocenters. The van der Waals surface area contributed by atoms with Crippen LogP contribution in [0.4, 0.5) is 55.8 Å². The van der Waals surface area contributed by atoms with Gasteiger partial charge in [0.25, 0.3) is 5.95 Å².